The third-order valence-electron chi connectivity index (χ3n) is 8.57. The summed E-state index contributed by atoms with van der Waals surface area (Å²) in [5, 5.41) is 1.02. The summed E-state index contributed by atoms with van der Waals surface area (Å²) in [7, 11) is 0. The molecule has 0 atom stereocenters. The number of aromatic nitrogens is 4. The van der Waals surface area contributed by atoms with Crippen molar-refractivity contribution in [1.82, 2.24) is 19.1 Å². The fourth-order valence-electron chi connectivity index (χ4n) is 6.26. The molecule has 9 rings (SSSR count). The van der Waals surface area contributed by atoms with Crippen molar-refractivity contribution in [2.75, 3.05) is 4.90 Å². The first-order valence-corrected chi connectivity index (χ1v) is 15.4. The standard InChI is InChI=1S/C41H30N5O.Pt/c1-41(2,3)27-22-28(44-26-45-37-17-9-6-14-34(37)43-40(45)33-13-5-7-15-35(33)44)24-30(23-27)47-29-19-20-32-31-12-4-8-16-36(31)46(38(32)25-29)39-18-10-11-21-42-39;/h4-23,26H,1-3H3;/q-3;/i4D,8D,12D,16D;. The Hall–Kier alpha value is -5.32. The first-order valence-electron chi connectivity index (χ1n) is 17.4. The van der Waals surface area contributed by atoms with Crippen LogP contribution in [0.1, 0.15) is 31.8 Å². The molecule has 0 unspecified atom stereocenters. The molecule has 8 aromatic rings. The van der Waals surface area contributed by atoms with E-state index in [1.807, 2.05) is 48.5 Å². The first-order chi connectivity index (χ1) is 24.6. The van der Waals surface area contributed by atoms with E-state index in [-0.39, 0.29) is 50.6 Å². The Kier molecular flexibility index (Phi) is 6.13. The zero-order valence-corrected chi connectivity index (χ0v) is 28.5. The summed E-state index contributed by atoms with van der Waals surface area (Å²) >= 11 is 0. The SMILES string of the molecule is [2H]c1c([2H])c([2H])c2c(c1[2H])c1ccc(Oc3[c-]c(N4[CH-]n5c(nc6ccccc65)-c5ccccc54)cc(C(C)(C)C)c3)[c-]c1n2-c1ccccn1.[Pt]. The molecule has 48 heavy (non-hydrogen) atoms. The van der Waals surface area contributed by atoms with Gasteiger partial charge in [-0.1, -0.05) is 92.6 Å². The normalized spacial score (nSPS) is 13.6. The van der Waals surface area contributed by atoms with Crippen LogP contribution < -0.4 is 9.64 Å². The molecule has 1 aliphatic rings. The average Bonchev–Trinajstić information content (AvgIpc) is 3.69. The number of anilines is 2. The number of para-hydroxylation sites is 4. The summed E-state index contributed by atoms with van der Waals surface area (Å²) in [6.07, 6.45) is 1.65. The van der Waals surface area contributed by atoms with Crippen molar-refractivity contribution >= 4 is 44.2 Å². The van der Waals surface area contributed by atoms with Gasteiger partial charge in [0.2, 0.25) is 0 Å². The molecule has 5 aromatic carbocycles. The summed E-state index contributed by atoms with van der Waals surface area (Å²) in [6.45, 7) is 8.53. The van der Waals surface area contributed by atoms with E-state index in [0.29, 0.717) is 39.1 Å². The van der Waals surface area contributed by atoms with Crippen LogP contribution in [0.3, 0.4) is 0 Å². The number of hydrogen-bond acceptors (Lipinski definition) is 4. The number of benzene rings is 5. The topological polar surface area (TPSA) is 48.1 Å². The van der Waals surface area contributed by atoms with Gasteiger partial charge in [0.15, 0.2) is 0 Å². The summed E-state index contributed by atoms with van der Waals surface area (Å²) < 4.78 is 44.8. The predicted molar refractivity (Wildman–Crippen MR) is 188 cm³/mol. The number of hydrogen-bond donors (Lipinski definition) is 0. The molecule has 0 bridgehead atoms. The Bertz CT molecular complexity index is 2700. The van der Waals surface area contributed by atoms with Crippen LogP contribution in [0.25, 0.3) is 50.0 Å². The van der Waals surface area contributed by atoms with Gasteiger partial charge in [0.05, 0.1) is 5.48 Å². The van der Waals surface area contributed by atoms with Crippen LogP contribution in [0.5, 0.6) is 11.5 Å². The maximum atomic E-state index is 8.81. The molecule has 0 aliphatic carbocycles. The summed E-state index contributed by atoms with van der Waals surface area (Å²) in [4.78, 5) is 11.6. The molecular weight excluding hydrogens is 774 g/mol. The molecule has 4 heterocycles. The second kappa shape index (κ2) is 11.4. The van der Waals surface area contributed by atoms with E-state index in [2.05, 4.69) is 78.3 Å². The Morgan fingerprint density at radius 3 is 2.48 bits per heavy atom. The largest absolute Gasteiger partial charge is 0.509 e. The minimum Gasteiger partial charge on any atom is -0.509 e. The molecule has 0 fully saturated rings. The van der Waals surface area contributed by atoms with E-state index >= 15 is 0 Å². The van der Waals surface area contributed by atoms with Crippen molar-refractivity contribution in [3.63, 3.8) is 0 Å². The van der Waals surface area contributed by atoms with Gasteiger partial charge in [0.25, 0.3) is 0 Å². The zero-order chi connectivity index (χ0) is 35.2. The fraction of sp³-hybridized carbons (Fsp3) is 0.0976. The van der Waals surface area contributed by atoms with Gasteiger partial charge in [-0.15, -0.1) is 41.3 Å². The minimum atomic E-state index is -0.308. The molecule has 1 aliphatic heterocycles. The van der Waals surface area contributed by atoms with E-state index in [1.165, 1.54) is 0 Å². The zero-order valence-electron chi connectivity index (χ0n) is 30.3. The molecule has 0 radical (unpaired) electrons. The first kappa shape index (κ1) is 25.7. The predicted octanol–water partition coefficient (Wildman–Crippen LogP) is 10.0. The van der Waals surface area contributed by atoms with Crippen molar-refractivity contribution in [2.24, 2.45) is 0 Å². The molecule has 7 heteroatoms. The van der Waals surface area contributed by atoms with Crippen molar-refractivity contribution in [1.29, 1.82) is 0 Å². The molecule has 0 saturated heterocycles. The van der Waals surface area contributed by atoms with Gasteiger partial charge in [-0.05, 0) is 58.9 Å². The van der Waals surface area contributed by atoms with Crippen LogP contribution in [0, 0.1) is 18.8 Å². The average molecular weight is 808 g/mol. The quantitative estimate of drug-likeness (QED) is 0.166. The van der Waals surface area contributed by atoms with Gasteiger partial charge in [0, 0.05) is 61.3 Å². The summed E-state index contributed by atoms with van der Waals surface area (Å²) in [5.74, 6) is 2.27. The summed E-state index contributed by atoms with van der Waals surface area (Å²) in [6, 6.07) is 35.5. The van der Waals surface area contributed by atoms with Gasteiger partial charge in [-0.2, -0.15) is 6.07 Å². The second-order valence-electron chi connectivity index (χ2n) is 12.6. The minimum absolute atomic E-state index is 0. The molecule has 0 saturated carbocycles. The Morgan fingerprint density at radius 2 is 1.62 bits per heavy atom. The van der Waals surface area contributed by atoms with E-state index in [9.17, 15) is 0 Å². The number of ether oxygens (including phenoxy) is 1. The number of nitrogens with zero attached hydrogens (tertiary/aromatic N) is 5. The number of rotatable bonds is 4. The van der Waals surface area contributed by atoms with Crippen molar-refractivity contribution in [3.8, 4) is 28.7 Å². The Morgan fingerprint density at radius 1 is 0.812 bits per heavy atom. The second-order valence-corrected chi connectivity index (χ2v) is 12.6. The smallest absolute Gasteiger partial charge is 0.135 e. The molecule has 0 N–H and O–H groups in total. The number of fused-ring (bicyclic) bond motifs is 8. The molecule has 6 nitrogen and oxygen atoms in total. The molecule has 0 spiro atoms. The van der Waals surface area contributed by atoms with E-state index in [0.717, 1.165) is 39.4 Å². The van der Waals surface area contributed by atoms with Gasteiger partial charge < -0.3 is 23.8 Å². The van der Waals surface area contributed by atoms with Crippen molar-refractivity contribution in [2.45, 2.75) is 26.2 Å². The number of pyridine rings is 1. The maximum Gasteiger partial charge on any atom is 0.135 e. The van der Waals surface area contributed by atoms with E-state index in [4.69, 9.17) is 15.2 Å². The van der Waals surface area contributed by atoms with Gasteiger partial charge >= 0.3 is 0 Å². The van der Waals surface area contributed by atoms with E-state index in [1.54, 1.807) is 29.0 Å². The Balaban J connectivity index is 0.00000387. The molecular formula is C41H30N5OPt-3. The summed E-state index contributed by atoms with van der Waals surface area (Å²) in [5.41, 5.74) is 6.37. The van der Waals surface area contributed by atoms with Gasteiger partial charge in [0.1, 0.15) is 5.82 Å². The van der Waals surface area contributed by atoms with Crippen LogP contribution >= 0.6 is 0 Å². The molecule has 238 valence electrons. The van der Waals surface area contributed by atoms with Crippen LogP contribution in [0.15, 0.2) is 121 Å². The van der Waals surface area contributed by atoms with Crippen LogP contribution in [-0.2, 0) is 26.5 Å². The van der Waals surface area contributed by atoms with Crippen LogP contribution in [0.4, 0.5) is 11.4 Å². The van der Waals surface area contributed by atoms with Gasteiger partial charge in [-0.25, -0.2) is 4.98 Å². The van der Waals surface area contributed by atoms with Gasteiger partial charge in [-0.3, -0.25) is 0 Å². The van der Waals surface area contributed by atoms with Crippen molar-refractivity contribution in [3.05, 3.63) is 146 Å². The van der Waals surface area contributed by atoms with Crippen LogP contribution in [-0.4, -0.2) is 19.1 Å². The van der Waals surface area contributed by atoms with Crippen molar-refractivity contribution < 1.29 is 31.3 Å². The van der Waals surface area contributed by atoms with E-state index < -0.39 is 0 Å². The monoisotopic (exact) mass is 807 g/mol. The fourth-order valence-corrected chi connectivity index (χ4v) is 6.26. The third-order valence-corrected chi connectivity index (χ3v) is 8.57. The Labute approximate surface area is 299 Å². The number of imidazole rings is 1. The third kappa shape index (κ3) is 4.87. The molecule has 0 amide bonds. The molecule has 3 aromatic heterocycles. The van der Waals surface area contributed by atoms with Crippen LogP contribution in [0.2, 0.25) is 0 Å². The maximum absolute atomic E-state index is 8.81.